The number of tetrazole rings is 1. The zero-order chi connectivity index (χ0) is 15.4. The molecule has 2 aromatic rings. The van der Waals surface area contributed by atoms with Gasteiger partial charge in [0, 0.05) is 25.3 Å². The van der Waals surface area contributed by atoms with Gasteiger partial charge in [-0.05, 0) is 24.0 Å². The Balaban J connectivity index is 1.60. The Morgan fingerprint density at radius 3 is 2.64 bits per heavy atom. The maximum absolute atomic E-state index is 12.2. The molecule has 0 spiro atoms. The number of benzene rings is 1. The molecule has 0 aliphatic carbocycles. The van der Waals surface area contributed by atoms with Crippen LogP contribution < -0.4 is 0 Å². The van der Waals surface area contributed by atoms with Gasteiger partial charge in [0.05, 0.1) is 0 Å². The standard InChI is InChI=1S/C15H19N5O2/c21-11-12-6-8-19(9-7-12)14(22)10-20-17-15(16-18-20)13-4-2-1-3-5-13/h1-5,12,21H,6-11H2. The third-order valence-electron chi connectivity index (χ3n) is 3.99. The van der Waals surface area contributed by atoms with Gasteiger partial charge in [0.25, 0.3) is 0 Å². The van der Waals surface area contributed by atoms with Gasteiger partial charge in [0.1, 0.15) is 6.54 Å². The number of carbonyl (C=O) groups is 1. The lowest BCUT2D eigenvalue weighted by molar-refractivity contribution is -0.133. The number of nitrogens with zero attached hydrogens (tertiary/aromatic N) is 5. The van der Waals surface area contributed by atoms with Crippen molar-refractivity contribution in [2.75, 3.05) is 19.7 Å². The molecule has 1 saturated heterocycles. The molecule has 0 atom stereocenters. The molecule has 22 heavy (non-hydrogen) atoms. The molecule has 7 heteroatoms. The zero-order valence-electron chi connectivity index (χ0n) is 12.3. The Labute approximate surface area is 128 Å². The van der Waals surface area contributed by atoms with Gasteiger partial charge in [-0.15, -0.1) is 10.2 Å². The maximum Gasteiger partial charge on any atom is 0.246 e. The van der Waals surface area contributed by atoms with Crippen LogP contribution in [0.2, 0.25) is 0 Å². The van der Waals surface area contributed by atoms with Crippen molar-refractivity contribution in [3.8, 4) is 11.4 Å². The molecule has 0 saturated carbocycles. The largest absolute Gasteiger partial charge is 0.396 e. The SMILES string of the molecule is O=C(Cn1nnc(-c2ccccc2)n1)N1CCC(CO)CC1. The summed E-state index contributed by atoms with van der Waals surface area (Å²) in [7, 11) is 0. The van der Waals surface area contributed by atoms with E-state index in [1.54, 1.807) is 4.90 Å². The summed E-state index contributed by atoms with van der Waals surface area (Å²) in [5.41, 5.74) is 0.880. The van der Waals surface area contributed by atoms with Gasteiger partial charge in [-0.3, -0.25) is 4.79 Å². The number of hydrogen-bond acceptors (Lipinski definition) is 5. The quantitative estimate of drug-likeness (QED) is 0.892. The van der Waals surface area contributed by atoms with Crippen LogP contribution in [0, 0.1) is 5.92 Å². The molecule has 2 heterocycles. The number of amides is 1. The van der Waals surface area contributed by atoms with E-state index in [4.69, 9.17) is 5.11 Å². The molecular weight excluding hydrogens is 282 g/mol. The van der Waals surface area contributed by atoms with Crippen molar-refractivity contribution in [1.29, 1.82) is 0 Å². The van der Waals surface area contributed by atoms with Crippen molar-refractivity contribution in [1.82, 2.24) is 25.1 Å². The van der Waals surface area contributed by atoms with Crippen LogP contribution in [0.25, 0.3) is 11.4 Å². The summed E-state index contributed by atoms with van der Waals surface area (Å²) >= 11 is 0. The number of likely N-dealkylation sites (tertiary alicyclic amines) is 1. The molecule has 1 aromatic carbocycles. The fraction of sp³-hybridized carbons (Fsp3) is 0.467. The number of aliphatic hydroxyl groups is 1. The van der Waals surface area contributed by atoms with Crippen molar-refractivity contribution in [3.63, 3.8) is 0 Å². The number of carbonyl (C=O) groups excluding carboxylic acids is 1. The van der Waals surface area contributed by atoms with Gasteiger partial charge in [-0.2, -0.15) is 4.80 Å². The molecular formula is C15H19N5O2. The van der Waals surface area contributed by atoms with Gasteiger partial charge in [0.2, 0.25) is 11.7 Å². The van der Waals surface area contributed by atoms with E-state index >= 15 is 0 Å². The Morgan fingerprint density at radius 1 is 1.23 bits per heavy atom. The van der Waals surface area contributed by atoms with Crippen LogP contribution >= 0.6 is 0 Å². The second kappa shape index (κ2) is 6.65. The van der Waals surface area contributed by atoms with Crippen LogP contribution in [-0.4, -0.2) is 55.8 Å². The molecule has 1 aliphatic rings. The Bertz CT molecular complexity index is 620. The average molecular weight is 301 g/mol. The minimum absolute atomic E-state index is 0.00611. The first-order valence-electron chi connectivity index (χ1n) is 7.48. The number of rotatable bonds is 4. The van der Waals surface area contributed by atoms with Gasteiger partial charge >= 0.3 is 0 Å². The van der Waals surface area contributed by atoms with Crippen molar-refractivity contribution < 1.29 is 9.90 Å². The van der Waals surface area contributed by atoms with Crippen LogP contribution in [0.4, 0.5) is 0 Å². The van der Waals surface area contributed by atoms with E-state index in [0.717, 1.165) is 18.4 Å². The van der Waals surface area contributed by atoms with Crippen LogP contribution in [0.15, 0.2) is 30.3 Å². The third-order valence-corrected chi connectivity index (χ3v) is 3.99. The number of aliphatic hydroxyl groups excluding tert-OH is 1. The molecule has 1 fully saturated rings. The number of piperidine rings is 1. The lowest BCUT2D eigenvalue weighted by atomic mass is 9.98. The first kappa shape index (κ1) is 14.6. The molecule has 1 amide bonds. The zero-order valence-corrected chi connectivity index (χ0v) is 12.3. The van der Waals surface area contributed by atoms with Crippen molar-refractivity contribution in [2.24, 2.45) is 5.92 Å². The molecule has 0 bridgehead atoms. The summed E-state index contributed by atoms with van der Waals surface area (Å²) in [4.78, 5) is 15.4. The summed E-state index contributed by atoms with van der Waals surface area (Å²) in [5, 5.41) is 21.3. The highest BCUT2D eigenvalue weighted by atomic mass is 16.3. The van der Waals surface area contributed by atoms with E-state index in [9.17, 15) is 4.79 Å². The summed E-state index contributed by atoms with van der Waals surface area (Å²) in [6.07, 6.45) is 1.70. The highest BCUT2D eigenvalue weighted by Gasteiger charge is 2.23. The molecule has 1 aliphatic heterocycles. The second-order valence-electron chi connectivity index (χ2n) is 5.52. The molecule has 116 valence electrons. The number of hydrogen-bond donors (Lipinski definition) is 1. The fourth-order valence-corrected chi connectivity index (χ4v) is 2.60. The summed E-state index contributed by atoms with van der Waals surface area (Å²) in [6.45, 7) is 1.67. The summed E-state index contributed by atoms with van der Waals surface area (Å²) in [6, 6.07) is 9.55. The lowest BCUT2D eigenvalue weighted by Crippen LogP contribution is -2.41. The van der Waals surface area contributed by atoms with E-state index in [1.165, 1.54) is 4.80 Å². The van der Waals surface area contributed by atoms with Gasteiger partial charge in [-0.25, -0.2) is 0 Å². The van der Waals surface area contributed by atoms with E-state index in [1.807, 2.05) is 30.3 Å². The molecule has 0 unspecified atom stereocenters. The minimum Gasteiger partial charge on any atom is -0.396 e. The normalized spacial score (nSPS) is 16.0. The average Bonchev–Trinajstić information content (AvgIpc) is 3.04. The van der Waals surface area contributed by atoms with Crippen LogP contribution in [0.1, 0.15) is 12.8 Å². The second-order valence-corrected chi connectivity index (χ2v) is 5.52. The Morgan fingerprint density at radius 2 is 1.95 bits per heavy atom. The summed E-state index contributed by atoms with van der Waals surface area (Å²) < 4.78 is 0. The van der Waals surface area contributed by atoms with Gasteiger partial charge < -0.3 is 10.0 Å². The number of aromatic nitrogens is 4. The predicted octanol–water partition coefficient (Wildman–Crippen LogP) is 0.571. The molecule has 1 aromatic heterocycles. The highest BCUT2D eigenvalue weighted by molar-refractivity contribution is 5.75. The van der Waals surface area contributed by atoms with Crippen molar-refractivity contribution in [3.05, 3.63) is 30.3 Å². The molecule has 7 nitrogen and oxygen atoms in total. The van der Waals surface area contributed by atoms with Crippen LogP contribution in [-0.2, 0) is 11.3 Å². The lowest BCUT2D eigenvalue weighted by Gasteiger charge is -2.30. The first-order valence-corrected chi connectivity index (χ1v) is 7.48. The fourth-order valence-electron chi connectivity index (χ4n) is 2.60. The van der Waals surface area contributed by atoms with Crippen molar-refractivity contribution >= 4 is 5.91 Å². The van der Waals surface area contributed by atoms with E-state index in [0.29, 0.717) is 24.8 Å². The smallest absolute Gasteiger partial charge is 0.246 e. The monoisotopic (exact) mass is 301 g/mol. The maximum atomic E-state index is 12.2. The Hall–Kier alpha value is -2.28. The van der Waals surface area contributed by atoms with Gasteiger partial charge in [-0.1, -0.05) is 30.3 Å². The van der Waals surface area contributed by atoms with E-state index in [2.05, 4.69) is 15.4 Å². The molecule has 3 rings (SSSR count). The topological polar surface area (TPSA) is 84.1 Å². The predicted molar refractivity (Wildman–Crippen MR) is 79.6 cm³/mol. The van der Waals surface area contributed by atoms with Crippen molar-refractivity contribution in [2.45, 2.75) is 19.4 Å². The van der Waals surface area contributed by atoms with Gasteiger partial charge in [0.15, 0.2) is 0 Å². The molecule has 1 N–H and O–H groups in total. The highest BCUT2D eigenvalue weighted by Crippen LogP contribution is 2.17. The van der Waals surface area contributed by atoms with Crippen LogP contribution in [0.5, 0.6) is 0 Å². The van der Waals surface area contributed by atoms with E-state index in [-0.39, 0.29) is 19.1 Å². The first-order chi connectivity index (χ1) is 10.8. The third kappa shape index (κ3) is 3.30. The van der Waals surface area contributed by atoms with E-state index < -0.39 is 0 Å². The summed E-state index contributed by atoms with van der Waals surface area (Å²) in [5.74, 6) is 0.832. The van der Waals surface area contributed by atoms with Crippen LogP contribution in [0.3, 0.4) is 0 Å². The minimum atomic E-state index is -0.00611. The Kier molecular flexibility index (Phi) is 4.43. The molecule has 0 radical (unpaired) electrons.